The van der Waals surface area contributed by atoms with Gasteiger partial charge in [0.25, 0.3) is 0 Å². The van der Waals surface area contributed by atoms with Crippen molar-refractivity contribution in [3.63, 3.8) is 0 Å². The first-order valence-corrected chi connectivity index (χ1v) is 6.38. The van der Waals surface area contributed by atoms with Crippen molar-refractivity contribution in [3.8, 4) is 0 Å². The number of benzene rings is 1. The van der Waals surface area contributed by atoms with Gasteiger partial charge in [-0.25, -0.2) is 9.18 Å². The second-order valence-corrected chi connectivity index (χ2v) is 4.63. The maximum Gasteiger partial charge on any atom is 0.339 e. The minimum Gasteiger partial charge on any atom is -0.462 e. The molecule has 18 heavy (non-hydrogen) atoms. The van der Waals surface area contributed by atoms with E-state index in [1.807, 2.05) is 0 Å². The van der Waals surface area contributed by atoms with E-state index >= 15 is 0 Å². The third-order valence-corrected chi connectivity index (χ3v) is 3.00. The van der Waals surface area contributed by atoms with E-state index < -0.39 is 11.8 Å². The number of nitrogen functional groups attached to an aromatic ring is 1. The number of esters is 1. The predicted octanol–water partition coefficient (Wildman–Crippen LogP) is 2.49. The lowest BCUT2D eigenvalue weighted by molar-refractivity contribution is 0.0495. The van der Waals surface area contributed by atoms with Gasteiger partial charge in [0.2, 0.25) is 0 Å². The number of carbonyl (C=O) groups excluding carboxylic acids is 1. The molecule has 0 aliphatic heterocycles. The van der Waals surface area contributed by atoms with Crippen LogP contribution >= 0.6 is 15.9 Å². The molecular weight excluding hydrogens is 305 g/mol. The molecule has 6 heteroatoms. The smallest absolute Gasteiger partial charge is 0.339 e. The van der Waals surface area contributed by atoms with Gasteiger partial charge in [-0.15, -0.1) is 0 Å². The number of aliphatic hydroxyl groups is 1. The largest absolute Gasteiger partial charge is 0.462 e. The summed E-state index contributed by atoms with van der Waals surface area (Å²) in [6.07, 6.45) is 2.15. The highest BCUT2D eigenvalue weighted by Crippen LogP contribution is 2.23. The summed E-state index contributed by atoms with van der Waals surface area (Å²) in [7, 11) is 0. The Balaban J connectivity index is 2.54. The van der Waals surface area contributed by atoms with Crippen LogP contribution in [0.2, 0.25) is 0 Å². The summed E-state index contributed by atoms with van der Waals surface area (Å²) in [4.78, 5) is 11.7. The molecule has 0 saturated carbocycles. The van der Waals surface area contributed by atoms with Crippen molar-refractivity contribution >= 4 is 27.6 Å². The molecule has 0 aliphatic carbocycles. The predicted molar refractivity (Wildman–Crippen MR) is 69.7 cm³/mol. The Bertz CT molecular complexity index is 426. The highest BCUT2D eigenvalue weighted by atomic mass is 79.9. The number of unbranched alkanes of at least 4 members (excludes halogenated alkanes) is 2. The summed E-state index contributed by atoms with van der Waals surface area (Å²) < 4.78 is 18.4. The highest BCUT2D eigenvalue weighted by molar-refractivity contribution is 9.10. The Labute approximate surface area is 113 Å². The quantitative estimate of drug-likeness (QED) is 0.480. The number of carbonyl (C=O) groups is 1. The van der Waals surface area contributed by atoms with Crippen molar-refractivity contribution in [1.82, 2.24) is 0 Å². The topological polar surface area (TPSA) is 72.6 Å². The van der Waals surface area contributed by atoms with Crippen LogP contribution in [-0.2, 0) is 4.74 Å². The molecule has 0 radical (unpaired) electrons. The van der Waals surface area contributed by atoms with E-state index in [9.17, 15) is 9.18 Å². The van der Waals surface area contributed by atoms with Gasteiger partial charge in [-0.1, -0.05) is 0 Å². The fourth-order valence-corrected chi connectivity index (χ4v) is 1.83. The van der Waals surface area contributed by atoms with Gasteiger partial charge in [-0.3, -0.25) is 0 Å². The lowest BCUT2D eigenvalue weighted by Crippen LogP contribution is -2.08. The van der Waals surface area contributed by atoms with E-state index in [2.05, 4.69) is 15.9 Å². The fourth-order valence-electron chi connectivity index (χ4n) is 1.36. The van der Waals surface area contributed by atoms with Crippen LogP contribution < -0.4 is 5.73 Å². The number of anilines is 1. The van der Waals surface area contributed by atoms with E-state index in [0.29, 0.717) is 17.3 Å². The summed E-state index contributed by atoms with van der Waals surface area (Å²) in [6, 6.07) is 2.38. The number of rotatable bonds is 6. The van der Waals surface area contributed by atoms with E-state index in [1.54, 1.807) is 0 Å². The van der Waals surface area contributed by atoms with Gasteiger partial charge in [0.15, 0.2) is 0 Å². The summed E-state index contributed by atoms with van der Waals surface area (Å²) in [5, 5.41) is 8.58. The van der Waals surface area contributed by atoms with Crippen LogP contribution in [0.5, 0.6) is 0 Å². The average molecular weight is 320 g/mol. The minimum absolute atomic E-state index is 0.0922. The second-order valence-electron chi connectivity index (χ2n) is 3.77. The number of hydrogen-bond donors (Lipinski definition) is 2. The van der Waals surface area contributed by atoms with Crippen LogP contribution in [-0.4, -0.2) is 24.3 Å². The Morgan fingerprint density at radius 3 is 2.78 bits per heavy atom. The molecule has 100 valence electrons. The van der Waals surface area contributed by atoms with Crippen LogP contribution in [0.3, 0.4) is 0 Å². The molecule has 3 N–H and O–H groups in total. The van der Waals surface area contributed by atoms with Crippen molar-refractivity contribution < 1.29 is 19.0 Å². The molecule has 0 saturated heterocycles. The second kappa shape index (κ2) is 7.33. The van der Waals surface area contributed by atoms with Crippen LogP contribution in [0.25, 0.3) is 0 Å². The van der Waals surface area contributed by atoms with Gasteiger partial charge in [-0.05, 0) is 47.3 Å². The van der Waals surface area contributed by atoms with E-state index in [-0.39, 0.29) is 24.5 Å². The number of nitrogens with two attached hydrogens (primary N) is 1. The zero-order valence-corrected chi connectivity index (χ0v) is 11.4. The van der Waals surface area contributed by atoms with Crippen LogP contribution in [0, 0.1) is 5.82 Å². The molecule has 0 aromatic heterocycles. The lowest BCUT2D eigenvalue weighted by atomic mass is 10.2. The van der Waals surface area contributed by atoms with Gasteiger partial charge in [0.1, 0.15) is 5.82 Å². The molecule has 0 heterocycles. The summed E-state index contributed by atoms with van der Waals surface area (Å²) in [5.41, 5.74) is 5.50. The molecule has 0 bridgehead atoms. The van der Waals surface area contributed by atoms with Crippen molar-refractivity contribution in [2.75, 3.05) is 18.9 Å². The third-order valence-electron chi connectivity index (χ3n) is 2.34. The van der Waals surface area contributed by atoms with Crippen molar-refractivity contribution in [3.05, 3.63) is 28.0 Å². The Morgan fingerprint density at radius 1 is 1.39 bits per heavy atom. The molecule has 0 fully saturated rings. The maximum atomic E-state index is 13.1. The molecule has 0 spiro atoms. The first-order valence-electron chi connectivity index (χ1n) is 5.58. The number of ether oxygens (including phenoxy) is 1. The Kier molecular flexibility index (Phi) is 6.07. The van der Waals surface area contributed by atoms with Crippen molar-refractivity contribution in [1.29, 1.82) is 0 Å². The summed E-state index contributed by atoms with van der Waals surface area (Å²) >= 11 is 3.09. The lowest BCUT2D eigenvalue weighted by Gasteiger charge is -2.07. The van der Waals surface area contributed by atoms with Crippen LogP contribution in [0.4, 0.5) is 10.1 Å². The molecule has 0 unspecified atom stereocenters. The van der Waals surface area contributed by atoms with Crippen molar-refractivity contribution in [2.45, 2.75) is 19.3 Å². The van der Waals surface area contributed by atoms with Gasteiger partial charge in [0, 0.05) is 11.1 Å². The molecule has 0 amide bonds. The fraction of sp³-hybridized carbons (Fsp3) is 0.417. The standard InChI is InChI=1S/C12H15BrFNO3/c13-9-7-10(14)11(15)6-8(9)12(17)18-5-3-1-2-4-16/h6-7,16H,1-5,15H2. The van der Waals surface area contributed by atoms with E-state index in [1.165, 1.54) is 6.07 Å². The third kappa shape index (κ3) is 4.27. The molecule has 1 rings (SSSR count). The Morgan fingerprint density at radius 2 is 2.11 bits per heavy atom. The summed E-state index contributed by atoms with van der Waals surface area (Å²) in [5.74, 6) is -1.13. The monoisotopic (exact) mass is 319 g/mol. The normalized spacial score (nSPS) is 10.4. The van der Waals surface area contributed by atoms with Crippen LogP contribution in [0.15, 0.2) is 16.6 Å². The molecule has 4 nitrogen and oxygen atoms in total. The van der Waals surface area contributed by atoms with Gasteiger partial charge in [0.05, 0.1) is 17.9 Å². The zero-order valence-electron chi connectivity index (χ0n) is 9.79. The summed E-state index contributed by atoms with van der Waals surface area (Å²) in [6.45, 7) is 0.399. The zero-order chi connectivity index (χ0) is 13.5. The van der Waals surface area contributed by atoms with Crippen molar-refractivity contribution in [2.24, 2.45) is 0 Å². The number of halogens is 2. The first kappa shape index (κ1) is 14.9. The van der Waals surface area contributed by atoms with Gasteiger partial charge < -0.3 is 15.6 Å². The number of aliphatic hydroxyl groups excluding tert-OH is 1. The molecule has 0 atom stereocenters. The van der Waals surface area contributed by atoms with Gasteiger partial charge >= 0.3 is 5.97 Å². The van der Waals surface area contributed by atoms with Gasteiger partial charge in [-0.2, -0.15) is 0 Å². The molecule has 1 aromatic carbocycles. The van der Waals surface area contributed by atoms with Crippen LogP contribution in [0.1, 0.15) is 29.6 Å². The SMILES string of the molecule is Nc1cc(C(=O)OCCCCCO)c(Br)cc1F. The Hall–Kier alpha value is -1.14. The molecule has 0 aliphatic rings. The van der Waals surface area contributed by atoms with E-state index in [4.69, 9.17) is 15.6 Å². The average Bonchev–Trinajstić information content (AvgIpc) is 2.33. The first-order chi connectivity index (χ1) is 8.56. The molecule has 1 aromatic rings. The maximum absolute atomic E-state index is 13.1. The molecular formula is C12H15BrFNO3. The van der Waals surface area contributed by atoms with E-state index in [0.717, 1.165) is 12.5 Å². The number of hydrogen-bond acceptors (Lipinski definition) is 4. The highest BCUT2D eigenvalue weighted by Gasteiger charge is 2.14. The minimum atomic E-state index is -0.582.